The molecule has 0 spiro atoms. The van der Waals surface area contributed by atoms with Crippen LogP contribution in [0, 0.1) is 0 Å². The maximum absolute atomic E-state index is 12.6. The van der Waals surface area contributed by atoms with Crippen LogP contribution >= 0.6 is 0 Å². The number of anilines is 1. The lowest BCUT2D eigenvalue weighted by Crippen LogP contribution is -2.39. The molecule has 0 bridgehead atoms. The lowest BCUT2D eigenvalue weighted by atomic mass is 10.0. The number of pyridine rings is 1. The smallest absolute Gasteiger partial charge is 0.366 e. The fraction of sp³-hybridized carbons (Fsp3) is 0.615. The number of hydrogen-bond acceptors (Lipinski definition) is 3. The van der Waals surface area contributed by atoms with Crippen LogP contribution in [-0.4, -0.2) is 17.1 Å². The van der Waals surface area contributed by atoms with Gasteiger partial charge in [-0.15, -0.1) is 0 Å². The lowest BCUT2D eigenvalue weighted by Gasteiger charge is -2.23. The topological polar surface area (TPSA) is 50.9 Å². The Balaban J connectivity index is 2.09. The van der Waals surface area contributed by atoms with E-state index in [0.717, 1.165) is 38.2 Å². The molecule has 1 aromatic heterocycles. The second-order valence-corrected chi connectivity index (χ2v) is 4.96. The summed E-state index contributed by atoms with van der Waals surface area (Å²) >= 11 is 0. The SMILES string of the molecule is NC1CCCCCC1Nc1cccc(C(F)(F)F)n1. The first-order chi connectivity index (χ1) is 8.97. The Morgan fingerprint density at radius 2 is 1.89 bits per heavy atom. The number of nitrogens with two attached hydrogens (primary N) is 1. The van der Waals surface area contributed by atoms with Crippen LogP contribution in [0.2, 0.25) is 0 Å². The molecule has 1 saturated carbocycles. The van der Waals surface area contributed by atoms with Crippen LogP contribution < -0.4 is 11.1 Å². The Morgan fingerprint density at radius 3 is 2.63 bits per heavy atom. The molecule has 3 N–H and O–H groups in total. The normalized spacial score (nSPS) is 24.8. The zero-order chi connectivity index (χ0) is 13.9. The first kappa shape index (κ1) is 14.1. The third-order valence-corrected chi connectivity index (χ3v) is 3.44. The molecule has 19 heavy (non-hydrogen) atoms. The molecule has 1 aromatic rings. The van der Waals surface area contributed by atoms with Crippen molar-refractivity contribution in [2.24, 2.45) is 5.73 Å². The van der Waals surface area contributed by atoms with E-state index in [1.807, 2.05) is 0 Å². The van der Waals surface area contributed by atoms with Gasteiger partial charge >= 0.3 is 6.18 Å². The Morgan fingerprint density at radius 1 is 1.16 bits per heavy atom. The summed E-state index contributed by atoms with van der Waals surface area (Å²) in [6, 6.07) is 3.85. The molecular formula is C13H18F3N3. The van der Waals surface area contributed by atoms with Crippen molar-refractivity contribution in [1.29, 1.82) is 0 Å². The second-order valence-electron chi connectivity index (χ2n) is 4.96. The summed E-state index contributed by atoms with van der Waals surface area (Å²) in [5.74, 6) is 0.247. The number of rotatable bonds is 2. The van der Waals surface area contributed by atoms with Gasteiger partial charge in [0.15, 0.2) is 0 Å². The van der Waals surface area contributed by atoms with E-state index in [9.17, 15) is 13.2 Å². The minimum atomic E-state index is -4.41. The van der Waals surface area contributed by atoms with Crippen LogP contribution in [0.15, 0.2) is 18.2 Å². The number of alkyl halides is 3. The molecule has 3 nitrogen and oxygen atoms in total. The van der Waals surface area contributed by atoms with Crippen LogP contribution in [0.4, 0.5) is 19.0 Å². The van der Waals surface area contributed by atoms with E-state index in [0.29, 0.717) is 0 Å². The monoisotopic (exact) mass is 273 g/mol. The summed E-state index contributed by atoms with van der Waals surface area (Å²) in [5.41, 5.74) is 5.16. The fourth-order valence-electron chi connectivity index (χ4n) is 2.38. The highest BCUT2D eigenvalue weighted by atomic mass is 19.4. The van der Waals surface area contributed by atoms with Gasteiger partial charge in [-0.3, -0.25) is 0 Å². The molecule has 2 rings (SSSR count). The Labute approximate surface area is 110 Å². The molecule has 1 aliphatic carbocycles. The minimum Gasteiger partial charge on any atom is -0.366 e. The molecule has 2 atom stereocenters. The van der Waals surface area contributed by atoms with Crippen LogP contribution in [0.1, 0.15) is 37.8 Å². The van der Waals surface area contributed by atoms with Crippen molar-refractivity contribution in [3.8, 4) is 0 Å². The van der Waals surface area contributed by atoms with Gasteiger partial charge in [-0.2, -0.15) is 13.2 Å². The van der Waals surface area contributed by atoms with Crippen LogP contribution in [0.3, 0.4) is 0 Å². The van der Waals surface area contributed by atoms with E-state index in [4.69, 9.17) is 5.73 Å². The average Bonchev–Trinajstić information content (AvgIpc) is 2.54. The first-order valence-corrected chi connectivity index (χ1v) is 6.53. The van der Waals surface area contributed by atoms with Gasteiger partial charge in [0, 0.05) is 12.1 Å². The summed E-state index contributed by atoms with van der Waals surface area (Å²) in [7, 11) is 0. The van der Waals surface area contributed by atoms with Gasteiger partial charge in [-0.05, 0) is 25.0 Å². The van der Waals surface area contributed by atoms with Crippen molar-refractivity contribution >= 4 is 5.82 Å². The van der Waals surface area contributed by atoms with Crippen molar-refractivity contribution < 1.29 is 13.2 Å². The highest BCUT2D eigenvalue weighted by Gasteiger charge is 2.32. The molecule has 1 heterocycles. The van der Waals surface area contributed by atoms with E-state index in [1.54, 1.807) is 6.07 Å². The quantitative estimate of drug-likeness (QED) is 0.814. The lowest BCUT2D eigenvalue weighted by molar-refractivity contribution is -0.141. The van der Waals surface area contributed by atoms with E-state index in [-0.39, 0.29) is 17.9 Å². The third kappa shape index (κ3) is 3.83. The average molecular weight is 273 g/mol. The zero-order valence-corrected chi connectivity index (χ0v) is 10.6. The maximum Gasteiger partial charge on any atom is 0.433 e. The van der Waals surface area contributed by atoms with Gasteiger partial charge < -0.3 is 11.1 Å². The number of hydrogen-bond donors (Lipinski definition) is 2. The predicted octanol–water partition coefficient (Wildman–Crippen LogP) is 3.17. The second kappa shape index (κ2) is 5.77. The number of nitrogens with one attached hydrogen (secondary N) is 1. The van der Waals surface area contributed by atoms with Gasteiger partial charge in [0.1, 0.15) is 11.5 Å². The summed E-state index contributed by atoms with van der Waals surface area (Å²) in [4.78, 5) is 3.61. The van der Waals surface area contributed by atoms with Gasteiger partial charge in [-0.1, -0.05) is 25.3 Å². The number of nitrogens with zero attached hydrogens (tertiary/aromatic N) is 1. The summed E-state index contributed by atoms with van der Waals surface area (Å²) < 4.78 is 37.7. The summed E-state index contributed by atoms with van der Waals surface area (Å²) in [6.07, 6.45) is 0.612. The van der Waals surface area contributed by atoms with E-state index in [1.165, 1.54) is 6.07 Å². The highest BCUT2D eigenvalue weighted by molar-refractivity contribution is 5.37. The molecule has 1 fully saturated rings. The third-order valence-electron chi connectivity index (χ3n) is 3.44. The van der Waals surface area contributed by atoms with Crippen molar-refractivity contribution in [3.05, 3.63) is 23.9 Å². The molecule has 2 unspecified atom stereocenters. The van der Waals surface area contributed by atoms with Gasteiger partial charge in [0.25, 0.3) is 0 Å². The molecule has 0 radical (unpaired) electrons. The molecule has 1 aliphatic rings. The molecule has 0 aliphatic heterocycles. The van der Waals surface area contributed by atoms with Crippen LogP contribution in [0.25, 0.3) is 0 Å². The van der Waals surface area contributed by atoms with Crippen LogP contribution in [-0.2, 0) is 6.18 Å². The summed E-state index contributed by atoms with van der Waals surface area (Å²) in [6.45, 7) is 0. The molecule has 0 amide bonds. The Bertz CT molecular complexity index is 420. The maximum atomic E-state index is 12.6. The zero-order valence-electron chi connectivity index (χ0n) is 10.6. The van der Waals surface area contributed by atoms with E-state index < -0.39 is 11.9 Å². The van der Waals surface area contributed by atoms with E-state index in [2.05, 4.69) is 10.3 Å². The van der Waals surface area contributed by atoms with Crippen molar-refractivity contribution in [2.75, 3.05) is 5.32 Å². The van der Waals surface area contributed by atoms with Crippen molar-refractivity contribution in [3.63, 3.8) is 0 Å². The molecule has 0 aromatic carbocycles. The minimum absolute atomic E-state index is 0.00140. The number of halogens is 3. The van der Waals surface area contributed by atoms with Gasteiger partial charge in [-0.25, -0.2) is 4.98 Å². The standard InChI is InChI=1S/C13H18F3N3/c14-13(15,16)11-7-4-8-12(19-11)18-10-6-3-1-2-5-9(10)17/h4,7-10H,1-3,5-6,17H2,(H,18,19). The molecular weight excluding hydrogens is 255 g/mol. The molecule has 106 valence electrons. The summed E-state index contributed by atoms with van der Waals surface area (Å²) in [5, 5.41) is 3.05. The fourth-order valence-corrected chi connectivity index (χ4v) is 2.38. The highest BCUT2D eigenvalue weighted by Crippen LogP contribution is 2.28. The Hall–Kier alpha value is -1.30. The van der Waals surface area contributed by atoms with Gasteiger partial charge in [0.2, 0.25) is 0 Å². The van der Waals surface area contributed by atoms with Gasteiger partial charge in [0.05, 0.1) is 0 Å². The van der Waals surface area contributed by atoms with Crippen molar-refractivity contribution in [1.82, 2.24) is 4.98 Å². The first-order valence-electron chi connectivity index (χ1n) is 6.53. The van der Waals surface area contributed by atoms with E-state index >= 15 is 0 Å². The molecule has 0 saturated heterocycles. The number of aromatic nitrogens is 1. The molecule has 6 heteroatoms. The van der Waals surface area contributed by atoms with Crippen molar-refractivity contribution in [2.45, 2.75) is 50.4 Å². The Kier molecular flexibility index (Phi) is 4.29. The largest absolute Gasteiger partial charge is 0.433 e. The predicted molar refractivity (Wildman–Crippen MR) is 67.7 cm³/mol. The van der Waals surface area contributed by atoms with Crippen LogP contribution in [0.5, 0.6) is 0 Å².